The van der Waals surface area contributed by atoms with Crippen LogP contribution in [0.15, 0.2) is 0 Å². The van der Waals surface area contributed by atoms with Gasteiger partial charge in [-0.2, -0.15) is 0 Å². The Hall–Kier alpha value is -1.01. The predicted molar refractivity (Wildman–Crippen MR) is 52.1 cm³/mol. The van der Waals surface area contributed by atoms with Crippen molar-refractivity contribution in [2.75, 3.05) is 7.11 Å². The molecule has 1 atom stereocenters. The van der Waals surface area contributed by atoms with Gasteiger partial charge in [-0.05, 0) is 20.3 Å². The number of ether oxygens (including phenoxy) is 1. The molecular weight excluding hydrogens is 166 g/mol. The smallest absolute Gasteiger partial charge is 0.322 e. The minimum Gasteiger partial charge on any atom is -0.468 e. The van der Waals surface area contributed by atoms with Crippen LogP contribution < -0.4 is 5.32 Å². The van der Waals surface area contributed by atoms with Crippen molar-refractivity contribution in [2.24, 2.45) is 0 Å². The lowest BCUT2D eigenvalue weighted by Crippen LogP contribution is -2.48. The SMILES string of the molecule is C#CC(C)(C)NC(CC)C(=O)OC. The Bertz CT molecular complexity index is 215. The molecule has 0 radical (unpaired) electrons. The summed E-state index contributed by atoms with van der Waals surface area (Å²) in [5.74, 6) is 2.29. The summed E-state index contributed by atoms with van der Waals surface area (Å²) in [6.07, 6.45) is 5.95. The van der Waals surface area contributed by atoms with Gasteiger partial charge in [0.05, 0.1) is 12.6 Å². The number of nitrogens with one attached hydrogen (secondary N) is 1. The molecule has 0 saturated heterocycles. The van der Waals surface area contributed by atoms with E-state index in [-0.39, 0.29) is 12.0 Å². The van der Waals surface area contributed by atoms with Gasteiger partial charge in [0.15, 0.2) is 0 Å². The molecule has 3 heteroatoms. The van der Waals surface area contributed by atoms with Gasteiger partial charge in [0.1, 0.15) is 6.04 Å². The highest BCUT2D eigenvalue weighted by molar-refractivity contribution is 5.75. The maximum Gasteiger partial charge on any atom is 0.322 e. The fourth-order valence-electron chi connectivity index (χ4n) is 0.947. The lowest BCUT2D eigenvalue weighted by Gasteiger charge is -2.25. The minimum absolute atomic E-state index is 0.272. The normalized spacial score (nSPS) is 13.2. The second-order valence-electron chi connectivity index (χ2n) is 3.40. The summed E-state index contributed by atoms with van der Waals surface area (Å²) in [5.41, 5.74) is -0.477. The van der Waals surface area contributed by atoms with Crippen LogP contribution in [0, 0.1) is 12.3 Å². The second kappa shape index (κ2) is 4.88. The molecule has 0 aliphatic heterocycles. The zero-order valence-corrected chi connectivity index (χ0v) is 8.68. The quantitative estimate of drug-likeness (QED) is 0.520. The molecule has 0 heterocycles. The number of carbonyl (C=O) groups is 1. The highest BCUT2D eigenvalue weighted by Crippen LogP contribution is 2.04. The molecule has 74 valence electrons. The summed E-state index contributed by atoms with van der Waals surface area (Å²) in [4.78, 5) is 11.2. The van der Waals surface area contributed by atoms with Crippen LogP contribution in [0.5, 0.6) is 0 Å². The largest absolute Gasteiger partial charge is 0.468 e. The third-order valence-corrected chi connectivity index (χ3v) is 1.79. The molecule has 0 aliphatic rings. The van der Waals surface area contributed by atoms with Crippen LogP contribution in [0.4, 0.5) is 0 Å². The average Bonchev–Trinajstić information content (AvgIpc) is 2.13. The average molecular weight is 183 g/mol. The van der Waals surface area contributed by atoms with Gasteiger partial charge < -0.3 is 4.74 Å². The third kappa shape index (κ3) is 3.95. The molecule has 13 heavy (non-hydrogen) atoms. The van der Waals surface area contributed by atoms with E-state index in [0.717, 1.165) is 0 Å². The van der Waals surface area contributed by atoms with E-state index in [2.05, 4.69) is 16.0 Å². The zero-order chi connectivity index (χ0) is 10.5. The number of terminal acetylenes is 1. The van der Waals surface area contributed by atoms with Gasteiger partial charge in [-0.1, -0.05) is 12.8 Å². The highest BCUT2D eigenvalue weighted by Gasteiger charge is 2.24. The number of methoxy groups -OCH3 is 1. The number of esters is 1. The van der Waals surface area contributed by atoms with Gasteiger partial charge in [-0.15, -0.1) is 6.42 Å². The molecule has 0 rings (SSSR count). The van der Waals surface area contributed by atoms with E-state index in [1.807, 2.05) is 20.8 Å². The van der Waals surface area contributed by atoms with Gasteiger partial charge >= 0.3 is 5.97 Å². The molecule has 0 aliphatic carbocycles. The van der Waals surface area contributed by atoms with Crippen molar-refractivity contribution in [2.45, 2.75) is 38.8 Å². The van der Waals surface area contributed by atoms with E-state index >= 15 is 0 Å². The van der Waals surface area contributed by atoms with E-state index in [1.54, 1.807) is 0 Å². The third-order valence-electron chi connectivity index (χ3n) is 1.79. The second-order valence-corrected chi connectivity index (χ2v) is 3.40. The van der Waals surface area contributed by atoms with Gasteiger partial charge in [0.2, 0.25) is 0 Å². The van der Waals surface area contributed by atoms with Crippen LogP contribution in [0.1, 0.15) is 27.2 Å². The van der Waals surface area contributed by atoms with Crippen molar-refractivity contribution < 1.29 is 9.53 Å². The molecule has 0 aromatic carbocycles. The molecule has 1 N–H and O–H groups in total. The molecular formula is C10H17NO2. The summed E-state index contributed by atoms with van der Waals surface area (Å²) in [6.45, 7) is 5.60. The topological polar surface area (TPSA) is 38.3 Å². The van der Waals surface area contributed by atoms with Gasteiger partial charge in [-0.3, -0.25) is 10.1 Å². The first-order valence-corrected chi connectivity index (χ1v) is 4.30. The Morgan fingerprint density at radius 1 is 1.69 bits per heavy atom. The van der Waals surface area contributed by atoms with Crippen molar-refractivity contribution in [3.05, 3.63) is 0 Å². The van der Waals surface area contributed by atoms with Crippen LogP contribution in [-0.4, -0.2) is 24.7 Å². The molecule has 0 amide bonds. The lowest BCUT2D eigenvalue weighted by atomic mass is 10.0. The Labute approximate surface area is 79.8 Å². The lowest BCUT2D eigenvalue weighted by molar-refractivity contribution is -0.143. The monoisotopic (exact) mass is 183 g/mol. The summed E-state index contributed by atoms with van der Waals surface area (Å²) >= 11 is 0. The molecule has 0 aromatic rings. The molecule has 1 unspecified atom stereocenters. The maximum absolute atomic E-state index is 11.2. The van der Waals surface area contributed by atoms with E-state index in [0.29, 0.717) is 6.42 Å². The fourth-order valence-corrected chi connectivity index (χ4v) is 0.947. The van der Waals surface area contributed by atoms with Crippen molar-refractivity contribution in [3.8, 4) is 12.3 Å². The Kier molecular flexibility index (Phi) is 4.50. The van der Waals surface area contributed by atoms with E-state index in [9.17, 15) is 4.79 Å². The molecule has 0 aromatic heterocycles. The van der Waals surface area contributed by atoms with Gasteiger partial charge in [0, 0.05) is 0 Å². The Morgan fingerprint density at radius 3 is 2.54 bits per heavy atom. The number of carbonyl (C=O) groups excluding carboxylic acids is 1. The van der Waals surface area contributed by atoms with Crippen molar-refractivity contribution in [3.63, 3.8) is 0 Å². The zero-order valence-electron chi connectivity index (χ0n) is 8.68. The van der Waals surface area contributed by atoms with Crippen LogP contribution >= 0.6 is 0 Å². The summed E-state index contributed by atoms with van der Waals surface area (Å²) in [5, 5.41) is 3.03. The van der Waals surface area contributed by atoms with Gasteiger partial charge in [0.25, 0.3) is 0 Å². The fraction of sp³-hybridized carbons (Fsp3) is 0.700. The van der Waals surface area contributed by atoms with Crippen molar-refractivity contribution in [1.82, 2.24) is 5.32 Å². The number of hydrogen-bond donors (Lipinski definition) is 1. The van der Waals surface area contributed by atoms with Crippen LogP contribution in [0.25, 0.3) is 0 Å². The molecule has 0 bridgehead atoms. The summed E-state index contributed by atoms with van der Waals surface area (Å²) in [7, 11) is 1.37. The highest BCUT2D eigenvalue weighted by atomic mass is 16.5. The van der Waals surface area contributed by atoms with E-state index in [4.69, 9.17) is 6.42 Å². The molecule has 3 nitrogen and oxygen atoms in total. The van der Waals surface area contributed by atoms with Crippen LogP contribution in [0.3, 0.4) is 0 Å². The number of rotatable bonds is 4. The first kappa shape index (κ1) is 12.0. The van der Waals surface area contributed by atoms with Crippen LogP contribution in [-0.2, 0) is 9.53 Å². The van der Waals surface area contributed by atoms with E-state index < -0.39 is 5.54 Å². The Morgan fingerprint density at radius 2 is 2.23 bits per heavy atom. The first-order valence-electron chi connectivity index (χ1n) is 4.30. The first-order chi connectivity index (χ1) is 5.96. The maximum atomic E-state index is 11.2. The summed E-state index contributed by atoms with van der Waals surface area (Å²) in [6, 6.07) is -0.323. The molecule has 0 saturated carbocycles. The predicted octanol–water partition coefficient (Wildman–Crippen LogP) is 0.939. The van der Waals surface area contributed by atoms with Crippen LogP contribution in [0.2, 0.25) is 0 Å². The molecule has 0 fully saturated rings. The minimum atomic E-state index is -0.477. The van der Waals surface area contributed by atoms with Crippen molar-refractivity contribution >= 4 is 5.97 Å². The number of hydrogen-bond acceptors (Lipinski definition) is 3. The summed E-state index contributed by atoms with van der Waals surface area (Å²) < 4.78 is 4.62. The van der Waals surface area contributed by atoms with E-state index in [1.165, 1.54) is 7.11 Å². The standard InChI is InChI=1S/C10H17NO2/c1-6-8(9(12)13-5)11-10(3,4)7-2/h2,8,11H,6H2,1,3-5H3. The molecule has 0 spiro atoms. The Balaban J connectivity index is 4.31. The van der Waals surface area contributed by atoms with Crippen molar-refractivity contribution in [1.29, 1.82) is 0 Å². The van der Waals surface area contributed by atoms with Gasteiger partial charge in [-0.25, -0.2) is 0 Å².